The van der Waals surface area contributed by atoms with Crippen molar-refractivity contribution in [3.05, 3.63) is 107 Å². The number of unbranched alkanes of at least 4 members (excludes halogenated alkanes) is 1. The average molecular weight is 396 g/mol. The van der Waals surface area contributed by atoms with Crippen LogP contribution in [0.3, 0.4) is 0 Å². The van der Waals surface area contributed by atoms with E-state index in [0.29, 0.717) is 6.61 Å². The monoisotopic (exact) mass is 395 g/mol. The molecule has 0 saturated carbocycles. The zero-order chi connectivity index (χ0) is 20.6. The summed E-state index contributed by atoms with van der Waals surface area (Å²) in [5, 5.41) is 2.37. The molecule has 0 aliphatic rings. The van der Waals surface area contributed by atoms with Crippen LogP contribution in [-0.4, -0.2) is 11.6 Å². The molecule has 0 amide bonds. The third-order valence-corrected chi connectivity index (χ3v) is 5.54. The van der Waals surface area contributed by atoms with E-state index in [0.717, 1.165) is 30.7 Å². The molecule has 1 aromatic heterocycles. The Bertz CT molecular complexity index is 1070. The Morgan fingerprint density at radius 2 is 1.53 bits per heavy atom. The Balaban J connectivity index is 1.47. The maximum absolute atomic E-state index is 6.05. The van der Waals surface area contributed by atoms with E-state index in [-0.39, 0.29) is 0 Å². The molecule has 30 heavy (non-hydrogen) atoms. The highest BCUT2D eigenvalue weighted by molar-refractivity contribution is 5.86. The number of ether oxygens (including phenoxy) is 1. The molecule has 0 spiro atoms. The van der Waals surface area contributed by atoms with E-state index in [4.69, 9.17) is 4.74 Å². The van der Waals surface area contributed by atoms with Crippen molar-refractivity contribution in [2.45, 2.75) is 39.0 Å². The quantitative estimate of drug-likeness (QED) is 0.311. The molecule has 4 rings (SSSR count). The van der Waals surface area contributed by atoms with E-state index < -0.39 is 0 Å². The minimum Gasteiger partial charge on any atom is -0.493 e. The molecule has 0 aliphatic heterocycles. The second kappa shape index (κ2) is 10.1. The van der Waals surface area contributed by atoms with Crippen LogP contribution in [0.2, 0.25) is 0 Å². The van der Waals surface area contributed by atoms with Gasteiger partial charge in [-0.1, -0.05) is 74.0 Å². The number of fused-ring (bicyclic) bond motifs is 1. The summed E-state index contributed by atoms with van der Waals surface area (Å²) in [6, 6.07) is 27.9. The Hall–Kier alpha value is -3.13. The molecule has 0 radical (unpaired) electrons. The second-order valence-corrected chi connectivity index (χ2v) is 7.82. The largest absolute Gasteiger partial charge is 0.493 e. The average Bonchev–Trinajstić information content (AvgIpc) is 2.80. The van der Waals surface area contributed by atoms with Gasteiger partial charge in [0.1, 0.15) is 5.75 Å². The number of rotatable bonds is 9. The molecule has 2 nitrogen and oxygen atoms in total. The molecule has 0 saturated heterocycles. The zero-order valence-corrected chi connectivity index (χ0v) is 17.7. The fraction of sp³-hybridized carbons (Fsp3) is 0.250. The van der Waals surface area contributed by atoms with E-state index >= 15 is 0 Å². The molecular weight excluding hydrogens is 366 g/mol. The van der Waals surface area contributed by atoms with Gasteiger partial charge in [-0.3, -0.25) is 4.98 Å². The highest BCUT2D eigenvalue weighted by Gasteiger charge is 2.06. The number of aromatic nitrogens is 1. The van der Waals surface area contributed by atoms with Gasteiger partial charge in [-0.2, -0.15) is 0 Å². The number of hydrogen-bond acceptors (Lipinski definition) is 2. The van der Waals surface area contributed by atoms with Crippen molar-refractivity contribution in [3.63, 3.8) is 0 Å². The molecule has 0 fully saturated rings. The van der Waals surface area contributed by atoms with Crippen LogP contribution in [0.25, 0.3) is 10.8 Å². The maximum Gasteiger partial charge on any atom is 0.120 e. The Morgan fingerprint density at radius 1 is 0.767 bits per heavy atom. The molecule has 0 bridgehead atoms. The minimum atomic E-state index is 0.671. The van der Waals surface area contributed by atoms with Crippen LogP contribution < -0.4 is 4.74 Å². The lowest BCUT2D eigenvalue weighted by atomic mass is 10.0. The van der Waals surface area contributed by atoms with E-state index in [9.17, 15) is 0 Å². The van der Waals surface area contributed by atoms with E-state index in [1.165, 1.54) is 40.3 Å². The summed E-state index contributed by atoms with van der Waals surface area (Å²) in [5.41, 5.74) is 5.11. The highest BCUT2D eigenvalue weighted by atomic mass is 16.5. The molecule has 2 heteroatoms. The molecule has 0 aliphatic carbocycles. The number of nitrogens with zero attached hydrogens (tertiary/aromatic N) is 1. The van der Waals surface area contributed by atoms with Crippen molar-refractivity contribution in [3.8, 4) is 5.75 Å². The molecule has 1 heterocycles. The first-order valence-electron chi connectivity index (χ1n) is 10.9. The van der Waals surface area contributed by atoms with Crippen molar-refractivity contribution in [1.29, 1.82) is 0 Å². The first kappa shape index (κ1) is 20.2. The molecule has 3 aromatic carbocycles. The van der Waals surface area contributed by atoms with Crippen LogP contribution in [0, 0.1) is 0 Å². The fourth-order valence-electron chi connectivity index (χ4n) is 3.77. The molecule has 152 valence electrons. The lowest BCUT2D eigenvalue weighted by Crippen LogP contribution is -2.01. The minimum absolute atomic E-state index is 0.671. The SMILES string of the molecule is CCCCc1ccc(Cc2nccc3ccc(OCCc4ccccc4)cc23)cc1. The van der Waals surface area contributed by atoms with Gasteiger partial charge < -0.3 is 4.74 Å². The number of hydrogen-bond donors (Lipinski definition) is 0. The van der Waals surface area contributed by atoms with Crippen molar-refractivity contribution < 1.29 is 4.74 Å². The van der Waals surface area contributed by atoms with Gasteiger partial charge in [0.15, 0.2) is 0 Å². The third-order valence-electron chi connectivity index (χ3n) is 5.54. The molecule has 4 aromatic rings. The van der Waals surface area contributed by atoms with Gasteiger partial charge in [0.2, 0.25) is 0 Å². The summed E-state index contributed by atoms with van der Waals surface area (Å²) in [5.74, 6) is 0.905. The van der Waals surface area contributed by atoms with Crippen LogP contribution in [0.4, 0.5) is 0 Å². The Labute approximate surface area is 179 Å². The van der Waals surface area contributed by atoms with E-state index in [1.807, 2.05) is 12.3 Å². The summed E-state index contributed by atoms with van der Waals surface area (Å²) < 4.78 is 6.05. The maximum atomic E-state index is 6.05. The van der Waals surface area contributed by atoms with Gasteiger partial charge in [0, 0.05) is 24.4 Å². The smallest absolute Gasteiger partial charge is 0.120 e. The summed E-state index contributed by atoms with van der Waals surface area (Å²) >= 11 is 0. The van der Waals surface area contributed by atoms with Crippen molar-refractivity contribution in [2.75, 3.05) is 6.61 Å². The first-order chi connectivity index (χ1) is 14.8. The van der Waals surface area contributed by atoms with Gasteiger partial charge in [-0.15, -0.1) is 0 Å². The van der Waals surface area contributed by atoms with Gasteiger partial charge in [0.05, 0.1) is 12.3 Å². The molecule has 0 N–H and O–H groups in total. The predicted octanol–water partition coefficient (Wildman–Crippen LogP) is 6.79. The van der Waals surface area contributed by atoms with Crippen LogP contribution in [0.1, 0.15) is 42.1 Å². The van der Waals surface area contributed by atoms with Gasteiger partial charge in [0.25, 0.3) is 0 Å². The Morgan fingerprint density at radius 3 is 2.33 bits per heavy atom. The van der Waals surface area contributed by atoms with Crippen molar-refractivity contribution in [1.82, 2.24) is 4.98 Å². The third kappa shape index (κ3) is 5.27. The van der Waals surface area contributed by atoms with Crippen LogP contribution in [0.15, 0.2) is 85.1 Å². The predicted molar refractivity (Wildman–Crippen MR) is 125 cm³/mol. The number of pyridine rings is 1. The Kier molecular flexibility index (Phi) is 6.76. The van der Waals surface area contributed by atoms with Crippen molar-refractivity contribution >= 4 is 10.8 Å². The fourth-order valence-corrected chi connectivity index (χ4v) is 3.77. The summed E-state index contributed by atoms with van der Waals surface area (Å²) in [6.45, 7) is 2.91. The molecular formula is C28H29NO. The summed E-state index contributed by atoms with van der Waals surface area (Å²) in [4.78, 5) is 4.69. The normalized spacial score (nSPS) is 11.0. The topological polar surface area (TPSA) is 22.1 Å². The zero-order valence-electron chi connectivity index (χ0n) is 17.7. The number of aryl methyl sites for hydroxylation is 1. The van der Waals surface area contributed by atoms with E-state index in [2.05, 4.69) is 84.7 Å². The van der Waals surface area contributed by atoms with Crippen LogP contribution >= 0.6 is 0 Å². The van der Waals surface area contributed by atoms with Crippen molar-refractivity contribution in [2.24, 2.45) is 0 Å². The van der Waals surface area contributed by atoms with Crippen LogP contribution in [0.5, 0.6) is 5.75 Å². The highest BCUT2D eigenvalue weighted by Crippen LogP contribution is 2.25. The van der Waals surface area contributed by atoms with Crippen LogP contribution in [-0.2, 0) is 19.3 Å². The molecule has 0 unspecified atom stereocenters. The standard InChI is InChI=1S/C28H29NO/c1-2-3-7-23-10-12-24(13-11-23)20-28-27-21-26(15-14-25(27)16-18-29-28)30-19-17-22-8-5-4-6-9-22/h4-6,8-16,18,21H,2-3,7,17,19-20H2,1H3. The van der Waals surface area contributed by atoms with Gasteiger partial charge in [-0.25, -0.2) is 0 Å². The number of benzene rings is 3. The second-order valence-electron chi connectivity index (χ2n) is 7.82. The van der Waals surface area contributed by atoms with Gasteiger partial charge >= 0.3 is 0 Å². The molecule has 0 atom stereocenters. The van der Waals surface area contributed by atoms with E-state index in [1.54, 1.807) is 0 Å². The summed E-state index contributed by atoms with van der Waals surface area (Å²) in [6.07, 6.45) is 7.28. The van der Waals surface area contributed by atoms with Gasteiger partial charge in [-0.05, 0) is 53.1 Å². The lowest BCUT2D eigenvalue weighted by molar-refractivity contribution is 0.322. The lowest BCUT2D eigenvalue weighted by Gasteiger charge is -2.10. The summed E-state index contributed by atoms with van der Waals surface area (Å²) in [7, 11) is 0. The first-order valence-corrected chi connectivity index (χ1v) is 10.9.